The fraction of sp³-hybridized carbons (Fsp3) is 0.400. The van der Waals surface area contributed by atoms with E-state index in [4.69, 9.17) is 23.5 Å². The molecule has 1 aliphatic heterocycles. The number of allylic oxidation sites excluding steroid dienone is 3. The lowest BCUT2D eigenvalue weighted by Crippen LogP contribution is -2.43. The molecule has 1 aromatic heterocycles. The molecule has 8 rings (SSSR count). The van der Waals surface area contributed by atoms with Crippen LogP contribution in [0.15, 0.2) is 75.5 Å². The molecule has 2 fully saturated rings. The molecule has 0 radical (unpaired) electrons. The lowest BCUT2D eigenvalue weighted by molar-refractivity contribution is -0.112. The summed E-state index contributed by atoms with van der Waals surface area (Å²) in [4.78, 5) is 44.2. The van der Waals surface area contributed by atoms with Crippen molar-refractivity contribution in [2.24, 2.45) is 11.8 Å². The zero-order valence-corrected chi connectivity index (χ0v) is 30.3. The lowest BCUT2D eigenvalue weighted by atomic mass is 9.66. The van der Waals surface area contributed by atoms with Gasteiger partial charge < -0.3 is 33.7 Å². The number of ketones is 2. The highest BCUT2D eigenvalue weighted by Crippen LogP contribution is 2.63. The van der Waals surface area contributed by atoms with Gasteiger partial charge in [0.25, 0.3) is 5.88 Å². The van der Waals surface area contributed by atoms with E-state index in [0.717, 1.165) is 16.8 Å². The van der Waals surface area contributed by atoms with E-state index < -0.39 is 29.0 Å². The number of hydrogen-bond acceptors (Lipinski definition) is 11. The Bertz CT molecular complexity index is 2070. The minimum absolute atomic E-state index is 0.0680. The number of nitrogens with one attached hydrogen (secondary N) is 1. The molecule has 11 nitrogen and oxygen atoms in total. The van der Waals surface area contributed by atoms with Crippen LogP contribution in [-0.2, 0) is 32.0 Å². The Balaban J connectivity index is 0.00000136. The van der Waals surface area contributed by atoms with Crippen molar-refractivity contribution in [2.75, 3.05) is 28.2 Å². The summed E-state index contributed by atoms with van der Waals surface area (Å²) in [7, 11) is 7.53. The topological polar surface area (TPSA) is 133 Å². The van der Waals surface area contributed by atoms with Gasteiger partial charge in [0.1, 0.15) is 29.3 Å². The summed E-state index contributed by atoms with van der Waals surface area (Å²) >= 11 is 0. The average molecular weight is 712 g/mol. The SMILES string of the molecule is CN(C)C1=C2CC(=C(OC(=O)OC(C)(C)C)c3cc(F)ccc31)C(=O)C1=C3O[C@]34C(=O)c3c(OCc5ccccc5)noc3C[C@@H]4CC1C2.CNC. The first-order valence-corrected chi connectivity index (χ1v) is 17.4. The number of epoxide rings is 1. The number of Topliss-reactive ketones (excluding diaryl/α,β-unsaturated/α-hetero) is 2. The van der Waals surface area contributed by atoms with Crippen molar-refractivity contribution in [1.82, 2.24) is 15.4 Å². The first-order chi connectivity index (χ1) is 24.8. The number of ether oxygens (including phenoxy) is 4. The molecule has 1 saturated carbocycles. The van der Waals surface area contributed by atoms with Crippen molar-refractivity contribution in [1.29, 1.82) is 0 Å². The van der Waals surface area contributed by atoms with Crippen LogP contribution in [0.3, 0.4) is 0 Å². The molecule has 2 bridgehead atoms. The molecule has 5 aliphatic rings. The normalized spacial score (nSPS) is 22.6. The van der Waals surface area contributed by atoms with Crippen molar-refractivity contribution in [3.8, 4) is 5.88 Å². The summed E-state index contributed by atoms with van der Waals surface area (Å²) in [5.74, 6) is -1.08. The van der Waals surface area contributed by atoms with E-state index in [1.54, 1.807) is 26.8 Å². The smallest absolute Gasteiger partial charge is 0.470 e. The summed E-state index contributed by atoms with van der Waals surface area (Å²) in [5.41, 5.74) is 2.11. The number of nitrogens with zero attached hydrogens (tertiary/aromatic N) is 2. The minimum Gasteiger partial charge on any atom is -0.470 e. The van der Waals surface area contributed by atoms with Gasteiger partial charge in [-0.15, -0.1) is 0 Å². The maximum absolute atomic E-state index is 14.9. The molecule has 0 amide bonds. The van der Waals surface area contributed by atoms with Gasteiger partial charge in [-0.1, -0.05) is 30.3 Å². The van der Waals surface area contributed by atoms with Gasteiger partial charge in [-0.2, -0.15) is 0 Å². The van der Waals surface area contributed by atoms with Gasteiger partial charge in [-0.3, -0.25) is 9.59 Å². The molecule has 2 aromatic carbocycles. The Morgan fingerprint density at radius 2 is 1.81 bits per heavy atom. The van der Waals surface area contributed by atoms with Crippen LogP contribution in [0.4, 0.5) is 9.18 Å². The second-order valence-corrected chi connectivity index (χ2v) is 14.9. The molecular formula is C40H42FN3O8. The number of benzene rings is 2. The zero-order valence-electron chi connectivity index (χ0n) is 30.3. The Morgan fingerprint density at radius 3 is 2.50 bits per heavy atom. The van der Waals surface area contributed by atoms with Crippen LogP contribution in [0, 0.1) is 17.7 Å². The number of hydrogen-bond donors (Lipinski definition) is 1. The fourth-order valence-electron chi connectivity index (χ4n) is 7.89. The summed E-state index contributed by atoms with van der Waals surface area (Å²) < 4.78 is 44.1. The van der Waals surface area contributed by atoms with Crippen molar-refractivity contribution >= 4 is 29.2 Å². The van der Waals surface area contributed by atoms with Crippen LogP contribution < -0.4 is 10.1 Å². The second-order valence-electron chi connectivity index (χ2n) is 14.9. The van der Waals surface area contributed by atoms with E-state index in [2.05, 4.69) is 10.5 Å². The minimum atomic E-state index is -1.34. The van der Waals surface area contributed by atoms with Gasteiger partial charge in [0.2, 0.25) is 11.4 Å². The standard InChI is InChI=1S/C38H35FN2O8.C2H7N/c1-37(2,3)48-36(44)46-32-25-17-23(39)11-12-24(25)30(41(4)5)21-13-20-14-22-16-27-29(35(40-49-27)45-18-19-9-7-6-8-10-19)33(43)38(22)34(47-38)28(20)31(42)26(32)15-21;1-3-2/h6-12,17,20,22H,13-16,18H2,1-5H3;3H,1-2H3/t20?,22-,38+;/m0./s1. The van der Waals surface area contributed by atoms with E-state index in [-0.39, 0.29) is 59.0 Å². The van der Waals surface area contributed by atoms with Crippen LogP contribution in [0.25, 0.3) is 11.5 Å². The Labute approximate surface area is 301 Å². The maximum atomic E-state index is 14.9. The molecule has 3 atom stereocenters. The molecule has 3 aromatic rings. The molecule has 1 spiro atoms. The Morgan fingerprint density at radius 1 is 1.08 bits per heavy atom. The summed E-state index contributed by atoms with van der Waals surface area (Å²) in [6.07, 6.45) is 0.493. The van der Waals surface area contributed by atoms with Gasteiger partial charge in [0, 0.05) is 60.8 Å². The lowest BCUT2D eigenvalue weighted by Gasteiger charge is -2.32. The number of carbonyl (C=O) groups excluding carboxylic acids is 3. The number of aromatic nitrogens is 1. The van der Waals surface area contributed by atoms with Crippen LogP contribution in [0.5, 0.6) is 5.88 Å². The van der Waals surface area contributed by atoms with Crippen LogP contribution >= 0.6 is 0 Å². The Hall–Kier alpha value is -5.23. The van der Waals surface area contributed by atoms with E-state index in [0.29, 0.717) is 41.9 Å². The van der Waals surface area contributed by atoms with E-state index in [9.17, 15) is 18.8 Å². The van der Waals surface area contributed by atoms with Crippen LogP contribution in [-0.4, -0.2) is 67.2 Å². The molecule has 1 unspecified atom stereocenters. The molecule has 12 heteroatoms. The molecule has 2 heterocycles. The van der Waals surface area contributed by atoms with Crippen molar-refractivity contribution in [3.05, 3.63) is 105 Å². The number of fused-ring (bicyclic) bond motifs is 5. The highest BCUT2D eigenvalue weighted by atomic mass is 19.1. The van der Waals surface area contributed by atoms with E-state index in [1.165, 1.54) is 12.1 Å². The molecule has 52 heavy (non-hydrogen) atoms. The first-order valence-electron chi connectivity index (χ1n) is 17.4. The third-order valence-corrected chi connectivity index (χ3v) is 9.82. The third kappa shape index (κ3) is 5.98. The predicted molar refractivity (Wildman–Crippen MR) is 188 cm³/mol. The van der Waals surface area contributed by atoms with Crippen molar-refractivity contribution in [3.63, 3.8) is 0 Å². The molecule has 1 N–H and O–H groups in total. The molecule has 272 valence electrons. The third-order valence-electron chi connectivity index (χ3n) is 9.82. The van der Waals surface area contributed by atoms with E-state index >= 15 is 0 Å². The molecular weight excluding hydrogens is 669 g/mol. The zero-order chi connectivity index (χ0) is 37.1. The fourth-order valence-corrected chi connectivity index (χ4v) is 7.89. The summed E-state index contributed by atoms with van der Waals surface area (Å²) in [5, 5.41) is 6.85. The van der Waals surface area contributed by atoms with Crippen molar-refractivity contribution in [2.45, 2.75) is 64.3 Å². The van der Waals surface area contributed by atoms with Gasteiger partial charge in [0.05, 0.1) is 0 Å². The number of halogens is 1. The predicted octanol–water partition coefficient (Wildman–Crippen LogP) is 6.64. The van der Waals surface area contributed by atoms with Gasteiger partial charge in [-0.05, 0) is 88.1 Å². The number of carbonyl (C=O) groups is 3. The monoisotopic (exact) mass is 711 g/mol. The number of rotatable bonds is 5. The van der Waals surface area contributed by atoms with Gasteiger partial charge >= 0.3 is 6.16 Å². The highest BCUT2D eigenvalue weighted by Gasteiger charge is 2.72. The highest BCUT2D eigenvalue weighted by molar-refractivity contribution is 6.18. The largest absolute Gasteiger partial charge is 0.514 e. The Kier molecular flexibility index (Phi) is 8.85. The van der Waals surface area contributed by atoms with E-state index in [1.807, 2.05) is 63.4 Å². The quantitative estimate of drug-likeness (QED) is 0.226. The second kappa shape index (κ2) is 13.1. The first kappa shape index (κ1) is 35.2. The average Bonchev–Trinajstić information content (AvgIpc) is 3.75. The van der Waals surface area contributed by atoms with Gasteiger partial charge in [0.15, 0.2) is 17.3 Å². The van der Waals surface area contributed by atoms with Crippen molar-refractivity contribution < 1.29 is 42.2 Å². The molecule has 4 aliphatic carbocycles. The maximum Gasteiger partial charge on any atom is 0.514 e. The summed E-state index contributed by atoms with van der Waals surface area (Å²) in [6, 6.07) is 13.8. The molecule has 1 saturated heterocycles. The van der Waals surface area contributed by atoms with Crippen LogP contribution in [0.1, 0.15) is 72.8 Å². The van der Waals surface area contributed by atoms with Crippen LogP contribution in [0.2, 0.25) is 0 Å². The van der Waals surface area contributed by atoms with Gasteiger partial charge in [-0.25, -0.2) is 9.18 Å². The summed E-state index contributed by atoms with van der Waals surface area (Å²) in [6.45, 7) is 5.30.